The van der Waals surface area contributed by atoms with E-state index in [-0.39, 0.29) is 5.56 Å². The van der Waals surface area contributed by atoms with Crippen LogP contribution in [0.3, 0.4) is 0 Å². The molecule has 0 saturated carbocycles. The van der Waals surface area contributed by atoms with Gasteiger partial charge < -0.3 is 5.32 Å². The third kappa shape index (κ3) is 4.02. The smallest absolute Gasteiger partial charge is 0.316 e. The van der Waals surface area contributed by atoms with Gasteiger partial charge in [0.25, 0.3) is 0 Å². The zero-order valence-corrected chi connectivity index (χ0v) is 10.6. The van der Waals surface area contributed by atoms with Gasteiger partial charge >= 0.3 is 6.18 Å². The van der Waals surface area contributed by atoms with Gasteiger partial charge in [-0.3, -0.25) is 4.79 Å². The molecule has 19 heavy (non-hydrogen) atoms. The van der Waals surface area contributed by atoms with Crippen molar-refractivity contribution in [3.63, 3.8) is 0 Å². The molecule has 0 bridgehead atoms. The molecule has 6 heteroatoms. The van der Waals surface area contributed by atoms with Gasteiger partial charge in [0.1, 0.15) is 5.82 Å². The fourth-order valence-electron chi connectivity index (χ4n) is 1.63. The number of benzene rings is 1. The number of halogens is 4. The first-order valence-electron chi connectivity index (χ1n) is 5.89. The number of alkyl halides is 3. The van der Waals surface area contributed by atoms with Gasteiger partial charge in [-0.15, -0.1) is 0 Å². The summed E-state index contributed by atoms with van der Waals surface area (Å²) in [7, 11) is 0. The van der Waals surface area contributed by atoms with Crippen LogP contribution in [-0.4, -0.2) is 18.9 Å². The maximum absolute atomic E-state index is 13.1. The number of carbonyl (C=O) groups excluding carboxylic acids is 1. The van der Waals surface area contributed by atoms with Crippen LogP contribution in [0.1, 0.15) is 29.8 Å². The summed E-state index contributed by atoms with van der Waals surface area (Å²) in [5.74, 6) is -2.28. The molecule has 0 amide bonds. The molecule has 1 aromatic carbocycles. The second-order valence-electron chi connectivity index (χ2n) is 4.27. The zero-order valence-electron chi connectivity index (χ0n) is 10.6. The summed E-state index contributed by atoms with van der Waals surface area (Å²) in [5.41, 5.74) is -1.53. The molecule has 0 spiro atoms. The number of rotatable bonds is 5. The van der Waals surface area contributed by atoms with Crippen LogP contribution in [0.15, 0.2) is 18.2 Å². The third-order valence-electron chi connectivity index (χ3n) is 2.70. The number of ketones is 1. The van der Waals surface area contributed by atoms with Crippen LogP contribution >= 0.6 is 0 Å². The molecule has 0 aromatic heterocycles. The molecule has 0 aliphatic carbocycles. The van der Waals surface area contributed by atoms with E-state index in [4.69, 9.17) is 0 Å². The lowest BCUT2D eigenvalue weighted by molar-refractivity contribution is -0.140. The Morgan fingerprint density at radius 2 is 2.00 bits per heavy atom. The predicted molar refractivity (Wildman–Crippen MR) is 63.4 cm³/mol. The number of Topliss-reactive ketones (excluding diaryl/α,β-unsaturated/α-hetero) is 1. The largest absolute Gasteiger partial charge is 0.419 e. The van der Waals surface area contributed by atoms with E-state index in [1.54, 1.807) is 6.92 Å². The molecule has 1 aromatic rings. The van der Waals surface area contributed by atoms with Crippen molar-refractivity contribution in [2.45, 2.75) is 20.0 Å². The molecule has 0 heterocycles. The number of carbonyl (C=O) groups is 1. The molecular weight excluding hydrogens is 262 g/mol. The average Bonchev–Trinajstić information content (AvgIpc) is 2.34. The highest BCUT2D eigenvalue weighted by atomic mass is 19.4. The van der Waals surface area contributed by atoms with E-state index in [9.17, 15) is 22.4 Å². The van der Waals surface area contributed by atoms with Crippen LogP contribution < -0.4 is 5.32 Å². The minimum atomic E-state index is -4.80. The SMILES string of the molecule is CCNCC(C)C(=O)c1ccc(F)c(C(F)(F)F)c1. The molecular formula is C13H15F4NO. The lowest BCUT2D eigenvalue weighted by atomic mass is 9.97. The standard InChI is InChI=1S/C13H15F4NO/c1-3-18-7-8(2)12(19)9-4-5-11(14)10(6-9)13(15,16)17/h4-6,8,18H,3,7H2,1-2H3. The van der Waals surface area contributed by atoms with Gasteiger partial charge in [0.05, 0.1) is 5.56 Å². The van der Waals surface area contributed by atoms with Gasteiger partial charge in [-0.25, -0.2) is 4.39 Å². The first-order chi connectivity index (χ1) is 8.77. The summed E-state index contributed by atoms with van der Waals surface area (Å²) in [6, 6.07) is 2.32. The van der Waals surface area contributed by atoms with Crippen LogP contribution in [0.2, 0.25) is 0 Å². The Kier molecular flexibility index (Phi) is 5.05. The van der Waals surface area contributed by atoms with Gasteiger partial charge in [-0.1, -0.05) is 13.8 Å². The molecule has 1 N–H and O–H groups in total. The Balaban J connectivity index is 2.99. The van der Waals surface area contributed by atoms with Gasteiger partial charge in [0.2, 0.25) is 0 Å². The minimum Gasteiger partial charge on any atom is -0.316 e. The van der Waals surface area contributed by atoms with E-state index in [1.165, 1.54) is 0 Å². The topological polar surface area (TPSA) is 29.1 Å². The summed E-state index contributed by atoms with van der Waals surface area (Å²) >= 11 is 0. The summed E-state index contributed by atoms with van der Waals surface area (Å²) in [5, 5.41) is 2.94. The fourth-order valence-corrected chi connectivity index (χ4v) is 1.63. The summed E-state index contributed by atoms with van der Waals surface area (Å²) in [6.45, 7) is 4.50. The van der Waals surface area contributed by atoms with Crippen LogP contribution in [0.25, 0.3) is 0 Å². The second kappa shape index (κ2) is 6.14. The van der Waals surface area contributed by atoms with E-state index in [0.717, 1.165) is 6.07 Å². The Hall–Kier alpha value is -1.43. The molecule has 106 valence electrons. The first kappa shape index (κ1) is 15.6. The third-order valence-corrected chi connectivity index (χ3v) is 2.70. The summed E-state index contributed by atoms with van der Waals surface area (Å²) < 4.78 is 50.7. The van der Waals surface area contributed by atoms with Gasteiger partial charge in [-0.2, -0.15) is 13.2 Å². The van der Waals surface area contributed by atoms with Crippen molar-refractivity contribution >= 4 is 5.78 Å². The van der Waals surface area contributed by atoms with Crippen LogP contribution in [0.5, 0.6) is 0 Å². The highest BCUT2D eigenvalue weighted by molar-refractivity contribution is 5.98. The molecule has 2 nitrogen and oxygen atoms in total. The Morgan fingerprint density at radius 1 is 1.37 bits per heavy atom. The molecule has 0 fully saturated rings. The summed E-state index contributed by atoms with van der Waals surface area (Å²) in [6.07, 6.45) is -4.80. The molecule has 0 aliphatic heterocycles. The van der Waals surface area contributed by atoms with Crippen molar-refractivity contribution in [3.05, 3.63) is 35.1 Å². The lowest BCUT2D eigenvalue weighted by Crippen LogP contribution is -2.26. The Morgan fingerprint density at radius 3 is 2.53 bits per heavy atom. The Labute approximate surface area is 108 Å². The van der Waals surface area contributed by atoms with Crippen molar-refractivity contribution in [1.29, 1.82) is 0 Å². The number of hydrogen-bond acceptors (Lipinski definition) is 2. The van der Waals surface area contributed by atoms with Crippen LogP contribution in [0.4, 0.5) is 17.6 Å². The quantitative estimate of drug-likeness (QED) is 0.661. The number of nitrogens with one attached hydrogen (secondary N) is 1. The van der Waals surface area contributed by atoms with Gasteiger partial charge in [0.15, 0.2) is 5.78 Å². The van der Waals surface area contributed by atoms with Crippen molar-refractivity contribution in [2.75, 3.05) is 13.1 Å². The second-order valence-corrected chi connectivity index (χ2v) is 4.27. The van der Waals surface area contributed by atoms with Crippen molar-refractivity contribution in [1.82, 2.24) is 5.32 Å². The summed E-state index contributed by atoms with van der Waals surface area (Å²) in [4.78, 5) is 11.9. The van der Waals surface area contributed by atoms with Gasteiger partial charge in [0, 0.05) is 18.0 Å². The maximum atomic E-state index is 13.1. The van der Waals surface area contributed by atoms with Crippen molar-refractivity contribution < 1.29 is 22.4 Å². The predicted octanol–water partition coefficient (Wildman–Crippen LogP) is 3.27. The highest BCUT2D eigenvalue weighted by Gasteiger charge is 2.34. The molecule has 1 atom stereocenters. The zero-order chi connectivity index (χ0) is 14.6. The van der Waals surface area contributed by atoms with Crippen LogP contribution in [-0.2, 0) is 6.18 Å². The highest BCUT2D eigenvalue weighted by Crippen LogP contribution is 2.32. The molecule has 1 rings (SSSR count). The fraction of sp³-hybridized carbons (Fsp3) is 0.462. The van der Waals surface area contributed by atoms with Crippen molar-refractivity contribution in [3.8, 4) is 0 Å². The van der Waals surface area contributed by atoms with E-state index in [2.05, 4.69) is 5.32 Å². The molecule has 0 saturated heterocycles. The van der Waals surface area contributed by atoms with E-state index in [1.807, 2.05) is 6.92 Å². The first-order valence-corrected chi connectivity index (χ1v) is 5.89. The normalized spacial score (nSPS) is 13.4. The molecule has 1 unspecified atom stereocenters. The average molecular weight is 277 g/mol. The van der Waals surface area contributed by atoms with E-state index in [0.29, 0.717) is 25.2 Å². The monoisotopic (exact) mass is 277 g/mol. The number of hydrogen-bond donors (Lipinski definition) is 1. The van der Waals surface area contributed by atoms with Gasteiger partial charge in [-0.05, 0) is 24.7 Å². The lowest BCUT2D eigenvalue weighted by Gasteiger charge is -2.13. The maximum Gasteiger partial charge on any atom is 0.419 e. The molecule has 0 radical (unpaired) electrons. The van der Waals surface area contributed by atoms with Crippen LogP contribution in [0, 0.1) is 11.7 Å². The van der Waals surface area contributed by atoms with E-state index >= 15 is 0 Å². The van der Waals surface area contributed by atoms with E-state index < -0.39 is 29.3 Å². The van der Waals surface area contributed by atoms with Crippen molar-refractivity contribution in [2.24, 2.45) is 5.92 Å². The minimum absolute atomic E-state index is 0.126. The Bertz CT molecular complexity index is 456. The molecule has 0 aliphatic rings.